The molecule has 1 amide bonds. The van der Waals surface area contributed by atoms with Crippen LogP contribution in [0, 0.1) is 17.7 Å². The van der Waals surface area contributed by atoms with Crippen LogP contribution in [-0.2, 0) is 14.2 Å². The summed E-state index contributed by atoms with van der Waals surface area (Å²) in [7, 11) is 0. The number of hydrogen-bond acceptors (Lipinski definition) is 4. The SMILES string of the molecule is O=C(c1cccc(F)c1)N1CC2(C1)OCCC2CCOCC1CCOCC1. The molecule has 6 heteroatoms. The number of nitrogens with zero attached hydrogens (tertiary/aromatic N) is 1. The minimum absolute atomic E-state index is 0.120. The number of ether oxygens (including phenoxy) is 3. The number of carbonyl (C=O) groups excluding carboxylic acids is 1. The summed E-state index contributed by atoms with van der Waals surface area (Å²) in [6.45, 7) is 5.18. The van der Waals surface area contributed by atoms with E-state index in [0.29, 0.717) is 30.5 Å². The maximum Gasteiger partial charge on any atom is 0.254 e. The van der Waals surface area contributed by atoms with Crippen LogP contribution < -0.4 is 0 Å². The first-order valence-corrected chi connectivity index (χ1v) is 10.0. The van der Waals surface area contributed by atoms with Gasteiger partial charge in [0.2, 0.25) is 0 Å². The monoisotopic (exact) mass is 377 g/mol. The van der Waals surface area contributed by atoms with Crippen molar-refractivity contribution >= 4 is 5.91 Å². The second-order valence-electron chi connectivity index (χ2n) is 7.99. The van der Waals surface area contributed by atoms with E-state index >= 15 is 0 Å². The van der Waals surface area contributed by atoms with Gasteiger partial charge in [-0.2, -0.15) is 0 Å². The van der Waals surface area contributed by atoms with Gasteiger partial charge in [-0.1, -0.05) is 6.07 Å². The molecule has 3 saturated heterocycles. The predicted octanol–water partition coefficient (Wildman–Crippen LogP) is 2.89. The lowest BCUT2D eigenvalue weighted by Gasteiger charge is -2.50. The normalized spacial score (nSPS) is 24.9. The smallest absolute Gasteiger partial charge is 0.254 e. The first-order valence-electron chi connectivity index (χ1n) is 10.0. The van der Waals surface area contributed by atoms with Crippen molar-refractivity contribution in [3.63, 3.8) is 0 Å². The quantitative estimate of drug-likeness (QED) is 0.716. The van der Waals surface area contributed by atoms with Crippen molar-refractivity contribution in [3.05, 3.63) is 35.6 Å². The van der Waals surface area contributed by atoms with Crippen molar-refractivity contribution in [2.75, 3.05) is 46.1 Å². The molecule has 3 heterocycles. The highest BCUT2D eigenvalue weighted by Crippen LogP contribution is 2.42. The third-order valence-electron chi connectivity index (χ3n) is 6.18. The summed E-state index contributed by atoms with van der Waals surface area (Å²) in [6.07, 6.45) is 4.16. The number of carbonyl (C=O) groups is 1. The summed E-state index contributed by atoms with van der Waals surface area (Å²) >= 11 is 0. The number of hydrogen-bond donors (Lipinski definition) is 0. The average Bonchev–Trinajstić information content (AvgIpc) is 3.08. The molecular weight excluding hydrogens is 349 g/mol. The molecule has 0 radical (unpaired) electrons. The van der Waals surface area contributed by atoms with E-state index in [9.17, 15) is 9.18 Å². The summed E-state index contributed by atoms with van der Waals surface area (Å²) in [5.74, 6) is 0.539. The zero-order valence-electron chi connectivity index (χ0n) is 15.7. The molecule has 27 heavy (non-hydrogen) atoms. The fourth-order valence-corrected chi connectivity index (χ4v) is 4.48. The van der Waals surface area contributed by atoms with Gasteiger partial charge in [0.15, 0.2) is 0 Å². The van der Waals surface area contributed by atoms with Crippen molar-refractivity contribution < 1.29 is 23.4 Å². The molecule has 0 aliphatic carbocycles. The Balaban J connectivity index is 1.23. The Kier molecular flexibility index (Phi) is 5.76. The molecule has 5 nitrogen and oxygen atoms in total. The first-order chi connectivity index (χ1) is 13.2. The fourth-order valence-electron chi connectivity index (χ4n) is 4.48. The molecule has 1 atom stereocenters. The van der Waals surface area contributed by atoms with Crippen LogP contribution in [0.5, 0.6) is 0 Å². The highest BCUT2D eigenvalue weighted by molar-refractivity contribution is 5.95. The third-order valence-corrected chi connectivity index (χ3v) is 6.18. The van der Waals surface area contributed by atoms with Crippen LogP contribution in [0.15, 0.2) is 24.3 Å². The first kappa shape index (κ1) is 18.8. The van der Waals surface area contributed by atoms with Crippen LogP contribution in [0.3, 0.4) is 0 Å². The summed E-state index contributed by atoms with van der Waals surface area (Å²) < 4.78 is 30.7. The summed E-state index contributed by atoms with van der Waals surface area (Å²) in [5.41, 5.74) is 0.171. The minimum atomic E-state index is -0.382. The van der Waals surface area contributed by atoms with Crippen LogP contribution in [0.1, 0.15) is 36.0 Å². The molecule has 1 spiro atoms. The summed E-state index contributed by atoms with van der Waals surface area (Å²) in [6, 6.07) is 5.88. The third kappa shape index (κ3) is 4.18. The number of benzene rings is 1. The molecule has 0 N–H and O–H groups in total. The minimum Gasteiger partial charge on any atom is -0.381 e. The zero-order chi connectivity index (χ0) is 18.7. The van der Waals surface area contributed by atoms with E-state index < -0.39 is 0 Å². The number of amides is 1. The van der Waals surface area contributed by atoms with Crippen molar-refractivity contribution in [2.45, 2.75) is 31.3 Å². The number of rotatable bonds is 6. The second kappa shape index (κ2) is 8.25. The molecule has 1 aromatic rings. The van der Waals surface area contributed by atoms with Gasteiger partial charge in [0.05, 0.1) is 13.1 Å². The van der Waals surface area contributed by atoms with Crippen LogP contribution in [0.25, 0.3) is 0 Å². The lowest BCUT2D eigenvalue weighted by Crippen LogP contribution is -2.66. The Morgan fingerprint density at radius 2 is 2.04 bits per heavy atom. The van der Waals surface area contributed by atoms with Gasteiger partial charge in [-0.25, -0.2) is 4.39 Å². The Labute approximate surface area is 159 Å². The Hall–Kier alpha value is -1.50. The molecule has 1 aromatic carbocycles. The molecule has 3 aliphatic rings. The van der Waals surface area contributed by atoms with Crippen molar-refractivity contribution in [2.24, 2.45) is 11.8 Å². The number of likely N-dealkylation sites (tertiary alicyclic amines) is 1. The van der Waals surface area contributed by atoms with Gasteiger partial charge in [-0.15, -0.1) is 0 Å². The van der Waals surface area contributed by atoms with E-state index in [-0.39, 0.29) is 17.3 Å². The predicted molar refractivity (Wildman–Crippen MR) is 98.1 cm³/mol. The Morgan fingerprint density at radius 1 is 1.22 bits per heavy atom. The maximum atomic E-state index is 13.4. The van der Waals surface area contributed by atoms with Gasteiger partial charge in [-0.05, 0) is 55.7 Å². The van der Waals surface area contributed by atoms with Crippen molar-refractivity contribution in [1.29, 1.82) is 0 Å². The van der Waals surface area contributed by atoms with E-state index in [4.69, 9.17) is 14.2 Å². The van der Waals surface area contributed by atoms with Crippen molar-refractivity contribution in [1.82, 2.24) is 4.90 Å². The standard InChI is InChI=1S/C21H28FNO4/c22-19-3-1-2-17(12-19)20(24)23-14-21(15-23)18(7-11-27-21)6-10-26-13-16-4-8-25-9-5-16/h1-3,12,16,18H,4-11,13-15H2. The van der Waals surface area contributed by atoms with Gasteiger partial charge in [0.1, 0.15) is 11.4 Å². The van der Waals surface area contributed by atoms with Crippen LogP contribution in [-0.4, -0.2) is 62.5 Å². The topological polar surface area (TPSA) is 48.0 Å². The van der Waals surface area contributed by atoms with Crippen LogP contribution in [0.4, 0.5) is 4.39 Å². The van der Waals surface area contributed by atoms with E-state index in [2.05, 4.69) is 0 Å². The molecule has 3 aliphatic heterocycles. The molecule has 0 aromatic heterocycles. The van der Waals surface area contributed by atoms with Crippen molar-refractivity contribution in [3.8, 4) is 0 Å². The van der Waals surface area contributed by atoms with E-state index in [0.717, 1.165) is 58.7 Å². The van der Waals surface area contributed by atoms with Crippen LogP contribution in [0.2, 0.25) is 0 Å². The fraction of sp³-hybridized carbons (Fsp3) is 0.667. The molecular formula is C21H28FNO4. The van der Waals surface area contributed by atoms with Gasteiger partial charge < -0.3 is 19.1 Å². The highest BCUT2D eigenvalue weighted by Gasteiger charge is 2.54. The maximum absolute atomic E-state index is 13.4. The van der Waals surface area contributed by atoms with E-state index in [1.165, 1.54) is 12.1 Å². The van der Waals surface area contributed by atoms with Gasteiger partial charge >= 0.3 is 0 Å². The van der Waals surface area contributed by atoms with Crippen LogP contribution >= 0.6 is 0 Å². The Morgan fingerprint density at radius 3 is 2.81 bits per heavy atom. The summed E-state index contributed by atoms with van der Waals surface area (Å²) in [4.78, 5) is 14.3. The van der Waals surface area contributed by atoms with Gasteiger partial charge in [0, 0.05) is 38.6 Å². The average molecular weight is 377 g/mol. The molecule has 0 bridgehead atoms. The molecule has 4 rings (SSSR count). The van der Waals surface area contributed by atoms with E-state index in [1.807, 2.05) is 0 Å². The summed E-state index contributed by atoms with van der Waals surface area (Å²) in [5, 5.41) is 0. The largest absolute Gasteiger partial charge is 0.381 e. The molecule has 148 valence electrons. The molecule has 0 saturated carbocycles. The highest BCUT2D eigenvalue weighted by atomic mass is 19.1. The second-order valence-corrected chi connectivity index (χ2v) is 7.99. The van der Waals surface area contributed by atoms with Gasteiger partial charge in [-0.3, -0.25) is 4.79 Å². The number of halogens is 1. The van der Waals surface area contributed by atoms with E-state index in [1.54, 1.807) is 17.0 Å². The zero-order valence-corrected chi connectivity index (χ0v) is 15.7. The molecule has 3 fully saturated rings. The molecule has 1 unspecified atom stereocenters. The van der Waals surface area contributed by atoms with Gasteiger partial charge in [0.25, 0.3) is 5.91 Å². The lowest BCUT2D eigenvalue weighted by atomic mass is 9.79. The lowest BCUT2D eigenvalue weighted by molar-refractivity contribution is -0.121. The Bertz CT molecular complexity index is 655.